The molecular formula is C11H12F2O2. The summed E-state index contributed by atoms with van der Waals surface area (Å²) in [6.45, 7) is 1.39. The van der Waals surface area contributed by atoms with Crippen LogP contribution in [0.3, 0.4) is 0 Å². The van der Waals surface area contributed by atoms with Gasteiger partial charge in [0.1, 0.15) is 0 Å². The predicted molar refractivity (Wildman–Crippen MR) is 52.0 cm³/mol. The molecule has 82 valence electrons. The topological polar surface area (TPSA) is 26.3 Å². The zero-order chi connectivity index (χ0) is 11.5. The minimum Gasteiger partial charge on any atom is -0.465 e. The van der Waals surface area contributed by atoms with Gasteiger partial charge in [-0.15, -0.1) is 0 Å². The number of methoxy groups -OCH3 is 1. The molecule has 0 saturated carbocycles. The van der Waals surface area contributed by atoms with Crippen molar-refractivity contribution >= 4 is 5.97 Å². The second kappa shape index (κ2) is 4.38. The Kier molecular flexibility index (Phi) is 3.39. The Balaban J connectivity index is 3.08. The molecule has 0 aliphatic carbocycles. The zero-order valence-corrected chi connectivity index (χ0v) is 8.59. The molecule has 2 nitrogen and oxygen atoms in total. The summed E-state index contributed by atoms with van der Waals surface area (Å²) < 4.78 is 31.0. The van der Waals surface area contributed by atoms with Crippen molar-refractivity contribution < 1.29 is 18.3 Å². The van der Waals surface area contributed by atoms with E-state index in [0.29, 0.717) is 0 Å². The van der Waals surface area contributed by atoms with Crippen LogP contribution >= 0.6 is 0 Å². The number of rotatable bonds is 3. The maximum Gasteiger partial charge on any atom is 0.337 e. The summed E-state index contributed by atoms with van der Waals surface area (Å²) in [4.78, 5) is 11.1. The third-order valence-corrected chi connectivity index (χ3v) is 2.15. The van der Waals surface area contributed by atoms with Crippen molar-refractivity contribution in [2.45, 2.75) is 19.3 Å². The van der Waals surface area contributed by atoms with Crippen LogP contribution in [0.2, 0.25) is 0 Å². The third-order valence-electron chi connectivity index (χ3n) is 2.15. The molecule has 4 heteroatoms. The molecular weight excluding hydrogens is 202 g/mol. The van der Waals surface area contributed by atoms with E-state index in [4.69, 9.17) is 0 Å². The molecule has 1 rings (SSSR count). The summed E-state index contributed by atoms with van der Waals surface area (Å²) in [5, 5.41) is 0. The number of carbonyl (C=O) groups is 1. The van der Waals surface area contributed by atoms with Gasteiger partial charge in [-0.2, -0.15) is 0 Å². The van der Waals surface area contributed by atoms with E-state index in [1.807, 2.05) is 0 Å². The van der Waals surface area contributed by atoms with Gasteiger partial charge in [-0.25, -0.2) is 13.6 Å². The standard InChI is InChI=1S/C11H12F2O2/c1-3-11(12,13)9-6-4-5-8(7-9)10(14)15-2/h4-7H,3H2,1-2H3. The molecule has 0 unspecified atom stereocenters. The second-order valence-electron chi connectivity index (χ2n) is 3.13. The highest BCUT2D eigenvalue weighted by Gasteiger charge is 2.29. The average Bonchev–Trinajstić information content (AvgIpc) is 2.28. The number of benzene rings is 1. The van der Waals surface area contributed by atoms with Gasteiger partial charge in [0.25, 0.3) is 5.92 Å². The fourth-order valence-corrected chi connectivity index (χ4v) is 1.20. The van der Waals surface area contributed by atoms with Crippen LogP contribution in [0.15, 0.2) is 24.3 Å². The van der Waals surface area contributed by atoms with E-state index in [9.17, 15) is 13.6 Å². The van der Waals surface area contributed by atoms with E-state index in [2.05, 4.69) is 4.74 Å². The van der Waals surface area contributed by atoms with Gasteiger partial charge in [-0.05, 0) is 12.1 Å². The van der Waals surface area contributed by atoms with E-state index < -0.39 is 11.9 Å². The van der Waals surface area contributed by atoms with Crippen LogP contribution in [-0.2, 0) is 10.7 Å². The van der Waals surface area contributed by atoms with Crippen molar-refractivity contribution in [3.05, 3.63) is 35.4 Å². The molecule has 0 fully saturated rings. The lowest BCUT2D eigenvalue weighted by Gasteiger charge is -2.14. The Morgan fingerprint density at radius 1 is 1.47 bits per heavy atom. The number of hydrogen-bond acceptors (Lipinski definition) is 2. The Morgan fingerprint density at radius 2 is 2.13 bits per heavy atom. The molecule has 15 heavy (non-hydrogen) atoms. The average molecular weight is 214 g/mol. The van der Waals surface area contributed by atoms with Crippen LogP contribution in [0.5, 0.6) is 0 Å². The number of ether oxygens (including phenoxy) is 1. The molecule has 1 aromatic rings. The first kappa shape index (κ1) is 11.6. The maximum atomic E-state index is 13.3. The molecule has 1 aromatic carbocycles. The van der Waals surface area contributed by atoms with Gasteiger partial charge in [-0.1, -0.05) is 19.1 Å². The van der Waals surface area contributed by atoms with Crippen LogP contribution < -0.4 is 0 Å². The lowest BCUT2D eigenvalue weighted by Crippen LogP contribution is -2.12. The normalized spacial score (nSPS) is 11.2. The summed E-state index contributed by atoms with van der Waals surface area (Å²) in [7, 11) is 1.22. The van der Waals surface area contributed by atoms with Gasteiger partial charge < -0.3 is 4.74 Å². The number of hydrogen-bond donors (Lipinski definition) is 0. The van der Waals surface area contributed by atoms with E-state index in [0.717, 1.165) is 6.07 Å². The van der Waals surface area contributed by atoms with E-state index in [1.54, 1.807) is 0 Å². The number of esters is 1. The van der Waals surface area contributed by atoms with Gasteiger partial charge >= 0.3 is 5.97 Å². The lowest BCUT2D eigenvalue weighted by atomic mass is 10.0. The van der Waals surface area contributed by atoms with Crippen molar-refractivity contribution in [3.63, 3.8) is 0 Å². The van der Waals surface area contributed by atoms with Crippen LogP contribution in [0.1, 0.15) is 29.3 Å². The van der Waals surface area contributed by atoms with Crippen molar-refractivity contribution in [1.82, 2.24) is 0 Å². The molecule has 0 heterocycles. The minimum atomic E-state index is -2.90. The molecule has 0 radical (unpaired) electrons. The van der Waals surface area contributed by atoms with Crippen molar-refractivity contribution in [2.75, 3.05) is 7.11 Å². The summed E-state index contributed by atoms with van der Waals surface area (Å²) in [6, 6.07) is 5.33. The van der Waals surface area contributed by atoms with Crippen LogP contribution in [0.4, 0.5) is 8.78 Å². The molecule has 0 saturated heterocycles. The molecule has 0 atom stereocenters. The summed E-state index contributed by atoms with van der Waals surface area (Å²) in [6.07, 6.45) is -0.294. The fraction of sp³-hybridized carbons (Fsp3) is 0.364. The second-order valence-corrected chi connectivity index (χ2v) is 3.13. The van der Waals surface area contributed by atoms with Gasteiger partial charge in [0.05, 0.1) is 12.7 Å². The largest absolute Gasteiger partial charge is 0.465 e. The fourth-order valence-electron chi connectivity index (χ4n) is 1.20. The molecule has 0 aliphatic rings. The van der Waals surface area contributed by atoms with Gasteiger partial charge in [0.2, 0.25) is 0 Å². The maximum absolute atomic E-state index is 13.3. The van der Waals surface area contributed by atoms with Crippen molar-refractivity contribution in [1.29, 1.82) is 0 Å². The highest BCUT2D eigenvalue weighted by molar-refractivity contribution is 5.89. The zero-order valence-electron chi connectivity index (χ0n) is 8.59. The Labute approximate surface area is 86.9 Å². The van der Waals surface area contributed by atoms with Crippen LogP contribution in [0, 0.1) is 0 Å². The minimum absolute atomic E-state index is 0.142. The molecule has 0 aliphatic heterocycles. The van der Waals surface area contributed by atoms with Crippen molar-refractivity contribution in [3.8, 4) is 0 Å². The van der Waals surface area contributed by atoms with E-state index in [1.165, 1.54) is 32.2 Å². The van der Waals surface area contributed by atoms with Crippen LogP contribution in [0.25, 0.3) is 0 Å². The lowest BCUT2D eigenvalue weighted by molar-refractivity contribution is -0.00835. The predicted octanol–water partition coefficient (Wildman–Crippen LogP) is 2.98. The first-order valence-corrected chi connectivity index (χ1v) is 4.58. The molecule has 0 N–H and O–H groups in total. The smallest absolute Gasteiger partial charge is 0.337 e. The monoisotopic (exact) mass is 214 g/mol. The van der Waals surface area contributed by atoms with Crippen LogP contribution in [-0.4, -0.2) is 13.1 Å². The Bertz CT molecular complexity index is 361. The SMILES string of the molecule is CCC(F)(F)c1cccc(C(=O)OC)c1. The van der Waals surface area contributed by atoms with Gasteiger partial charge in [0, 0.05) is 12.0 Å². The summed E-state index contributed by atoms with van der Waals surface area (Å²) >= 11 is 0. The first-order chi connectivity index (χ1) is 7.01. The van der Waals surface area contributed by atoms with Gasteiger partial charge in [-0.3, -0.25) is 0 Å². The molecule has 0 aromatic heterocycles. The molecule has 0 amide bonds. The summed E-state index contributed by atoms with van der Waals surface area (Å²) in [5.41, 5.74) is -0.0176. The van der Waals surface area contributed by atoms with E-state index in [-0.39, 0.29) is 17.5 Å². The molecule has 0 bridgehead atoms. The Morgan fingerprint density at radius 3 is 2.67 bits per heavy atom. The Hall–Kier alpha value is -1.45. The first-order valence-electron chi connectivity index (χ1n) is 4.58. The number of carbonyl (C=O) groups excluding carboxylic acids is 1. The highest BCUT2D eigenvalue weighted by Crippen LogP contribution is 2.31. The van der Waals surface area contributed by atoms with E-state index >= 15 is 0 Å². The highest BCUT2D eigenvalue weighted by atomic mass is 19.3. The molecule has 0 spiro atoms. The van der Waals surface area contributed by atoms with Crippen molar-refractivity contribution in [2.24, 2.45) is 0 Å². The quantitative estimate of drug-likeness (QED) is 0.723. The third kappa shape index (κ3) is 2.52. The van der Waals surface area contributed by atoms with Gasteiger partial charge in [0.15, 0.2) is 0 Å². The summed E-state index contributed by atoms with van der Waals surface area (Å²) in [5.74, 6) is -3.51. The number of alkyl halides is 2. The number of halogens is 2.